The molecule has 40 heavy (non-hydrogen) atoms. The molecule has 0 bridgehead atoms. The Balaban J connectivity index is 1.21. The summed E-state index contributed by atoms with van der Waals surface area (Å²) in [6, 6.07) is 5.06. The molecule has 2 aliphatic heterocycles. The molecule has 1 atom stereocenters. The number of H-pyrrole nitrogens is 2. The molecule has 1 unspecified atom stereocenters. The molecule has 14 heteroatoms. The van der Waals surface area contributed by atoms with Crippen LogP contribution in [0.15, 0.2) is 35.4 Å². The van der Waals surface area contributed by atoms with Crippen molar-refractivity contribution in [2.75, 3.05) is 19.6 Å². The Hall–Kier alpha value is -3.87. The van der Waals surface area contributed by atoms with Gasteiger partial charge in [0.25, 0.3) is 0 Å². The molecule has 6 rings (SSSR count). The molecule has 1 aromatic carbocycles. The minimum atomic E-state index is -4.60. The van der Waals surface area contributed by atoms with Crippen LogP contribution in [0.25, 0.3) is 22.1 Å². The van der Waals surface area contributed by atoms with Gasteiger partial charge in [0.15, 0.2) is 5.65 Å². The number of aromatic nitrogens is 5. The van der Waals surface area contributed by atoms with Crippen LogP contribution in [0.5, 0.6) is 0 Å². The molecule has 0 spiro atoms. The zero-order valence-corrected chi connectivity index (χ0v) is 21.9. The third-order valence-electron chi connectivity index (χ3n) is 7.83. The molecule has 5 heterocycles. The number of rotatable bonds is 4. The highest BCUT2D eigenvalue weighted by Crippen LogP contribution is 2.35. The van der Waals surface area contributed by atoms with Crippen LogP contribution in [0, 0.1) is 5.92 Å². The van der Waals surface area contributed by atoms with Gasteiger partial charge in [0.05, 0.1) is 28.2 Å². The Morgan fingerprint density at radius 1 is 1.20 bits per heavy atom. The number of halogens is 4. The van der Waals surface area contributed by atoms with Crippen LogP contribution in [0.4, 0.5) is 13.2 Å². The zero-order chi connectivity index (χ0) is 28.2. The van der Waals surface area contributed by atoms with E-state index in [9.17, 15) is 27.6 Å². The number of hydrogen-bond donors (Lipinski definition) is 2. The van der Waals surface area contributed by atoms with E-state index >= 15 is 0 Å². The van der Waals surface area contributed by atoms with Crippen molar-refractivity contribution in [1.29, 1.82) is 0 Å². The highest BCUT2D eigenvalue weighted by Gasteiger charge is 2.39. The summed E-state index contributed by atoms with van der Waals surface area (Å²) < 4.78 is 42.0. The fraction of sp³-hybridized carbons (Fsp3) is 0.423. The van der Waals surface area contributed by atoms with Gasteiger partial charge >= 0.3 is 11.9 Å². The maximum absolute atomic E-state index is 13.5. The summed E-state index contributed by atoms with van der Waals surface area (Å²) >= 11 is 6.39. The summed E-state index contributed by atoms with van der Waals surface area (Å²) in [5.41, 5.74) is 2.57. The molecular formula is C26H25ClF3N7O3. The van der Waals surface area contributed by atoms with E-state index in [-0.39, 0.29) is 37.0 Å². The molecule has 0 saturated carbocycles. The number of piperidine rings is 1. The number of carbonyl (C=O) groups is 2. The van der Waals surface area contributed by atoms with Gasteiger partial charge in [-0.05, 0) is 48.6 Å². The van der Waals surface area contributed by atoms with Gasteiger partial charge in [-0.15, -0.1) is 0 Å². The number of nitrogens with one attached hydrogen (secondary N) is 2. The number of alkyl halides is 3. The number of amides is 2. The third-order valence-corrected chi connectivity index (χ3v) is 8.13. The number of benzene rings is 1. The number of fused-ring (bicyclic) bond motifs is 4. The number of imidazole rings is 1. The van der Waals surface area contributed by atoms with Gasteiger partial charge in [-0.3, -0.25) is 24.2 Å². The number of hydrogen-bond acceptors (Lipinski definition) is 5. The maximum Gasteiger partial charge on any atom is 0.406 e. The molecule has 2 aliphatic rings. The lowest BCUT2D eigenvalue weighted by Gasteiger charge is -2.33. The van der Waals surface area contributed by atoms with Crippen molar-refractivity contribution in [1.82, 2.24) is 34.5 Å². The SMILES string of the molecule is O=C(CC1Cc2cc(Cl)c3[nH]ncc3c2CN(CC(F)(F)F)C1=O)N1CCC(n2c(=O)[nH]c3ncccc32)CC1. The normalized spacial score (nSPS) is 18.9. The van der Waals surface area contributed by atoms with Gasteiger partial charge in [0.1, 0.15) is 6.54 Å². The van der Waals surface area contributed by atoms with Crippen LogP contribution in [-0.4, -0.2) is 72.2 Å². The molecule has 210 valence electrons. The van der Waals surface area contributed by atoms with Gasteiger partial charge in [-0.25, -0.2) is 9.78 Å². The van der Waals surface area contributed by atoms with Crippen molar-refractivity contribution >= 4 is 45.5 Å². The molecule has 2 amide bonds. The standard InChI is InChI=1S/C26H25ClF3N7O3/c27-19-9-14-8-15(24(39)36(13-26(28,29)30)12-18(14)17-11-32-34-22(17)19)10-21(38)35-6-3-16(4-7-35)37-20-2-1-5-31-23(20)33-25(37)40/h1-2,5,9,11,15-16H,3-4,6-8,10,12-13H2,(H,32,34)(H,31,33,40). The maximum atomic E-state index is 13.5. The fourth-order valence-corrected chi connectivity index (χ4v) is 6.25. The Labute approximate surface area is 230 Å². The van der Waals surface area contributed by atoms with E-state index in [0.717, 1.165) is 4.90 Å². The fourth-order valence-electron chi connectivity index (χ4n) is 5.97. The summed E-state index contributed by atoms with van der Waals surface area (Å²) in [5, 5.41) is 7.62. The second kappa shape index (κ2) is 9.95. The molecule has 3 aromatic heterocycles. The van der Waals surface area contributed by atoms with E-state index in [1.165, 1.54) is 6.20 Å². The topological polar surface area (TPSA) is 120 Å². The van der Waals surface area contributed by atoms with E-state index in [0.29, 0.717) is 64.1 Å². The highest BCUT2D eigenvalue weighted by molar-refractivity contribution is 6.35. The van der Waals surface area contributed by atoms with Crippen molar-refractivity contribution in [3.05, 3.63) is 57.2 Å². The van der Waals surface area contributed by atoms with Crippen molar-refractivity contribution in [2.45, 2.75) is 44.4 Å². The lowest BCUT2D eigenvalue weighted by molar-refractivity contribution is -0.165. The van der Waals surface area contributed by atoms with Crippen LogP contribution in [0.2, 0.25) is 5.02 Å². The molecule has 2 N–H and O–H groups in total. The molecule has 0 aliphatic carbocycles. The van der Waals surface area contributed by atoms with Crippen LogP contribution >= 0.6 is 11.6 Å². The molecule has 1 fully saturated rings. The van der Waals surface area contributed by atoms with Crippen molar-refractivity contribution < 1.29 is 22.8 Å². The Bertz CT molecular complexity index is 1670. The van der Waals surface area contributed by atoms with E-state index < -0.39 is 24.5 Å². The summed E-state index contributed by atoms with van der Waals surface area (Å²) in [6.45, 7) is -0.967. The average Bonchev–Trinajstić information content (AvgIpc) is 3.50. The number of carbonyl (C=O) groups excluding carboxylic acids is 2. The predicted octanol–water partition coefficient (Wildman–Crippen LogP) is 3.57. The van der Waals surface area contributed by atoms with E-state index in [1.807, 2.05) is 6.07 Å². The minimum absolute atomic E-state index is 0.0866. The Kier molecular flexibility index (Phi) is 6.56. The second-order valence-electron chi connectivity index (χ2n) is 10.4. The average molecular weight is 576 g/mol. The minimum Gasteiger partial charge on any atom is -0.343 e. The Morgan fingerprint density at radius 3 is 2.73 bits per heavy atom. The predicted molar refractivity (Wildman–Crippen MR) is 140 cm³/mol. The van der Waals surface area contributed by atoms with Gasteiger partial charge < -0.3 is 9.80 Å². The van der Waals surface area contributed by atoms with Crippen LogP contribution < -0.4 is 5.69 Å². The zero-order valence-electron chi connectivity index (χ0n) is 21.2. The highest BCUT2D eigenvalue weighted by atomic mass is 35.5. The number of aromatic amines is 2. The smallest absolute Gasteiger partial charge is 0.343 e. The first-order chi connectivity index (χ1) is 19.1. The first-order valence-corrected chi connectivity index (χ1v) is 13.3. The monoisotopic (exact) mass is 575 g/mol. The second-order valence-corrected chi connectivity index (χ2v) is 10.8. The van der Waals surface area contributed by atoms with Crippen LogP contribution in [0.1, 0.15) is 36.4 Å². The van der Waals surface area contributed by atoms with Crippen LogP contribution in [-0.2, 0) is 22.6 Å². The van der Waals surface area contributed by atoms with E-state index in [2.05, 4.69) is 20.2 Å². The summed E-state index contributed by atoms with van der Waals surface area (Å²) in [6.07, 6.45) is -0.626. The van der Waals surface area contributed by atoms with Gasteiger partial charge in [-0.1, -0.05) is 11.6 Å². The summed E-state index contributed by atoms with van der Waals surface area (Å²) in [4.78, 5) is 48.6. The van der Waals surface area contributed by atoms with Gasteiger partial charge in [-0.2, -0.15) is 18.3 Å². The lowest BCUT2D eigenvalue weighted by atomic mass is 9.92. The van der Waals surface area contributed by atoms with Gasteiger partial charge in [0, 0.05) is 43.7 Å². The van der Waals surface area contributed by atoms with Gasteiger partial charge in [0.2, 0.25) is 11.8 Å². The molecule has 4 aromatic rings. The lowest BCUT2D eigenvalue weighted by Crippen LogP contribution is -2.44. The number of likely N-dealkylation sites (tertiary alicyclic amines) is 1. The third kappa shape index (κ3) is 4.82. The summed E-state index contributed by atoms with van der Waals surface area (Å²) in [7, 11) is 0. The number of nitrogens with zero attached hydrogens (tertiary/aromatic N) is 5. The molecule has 1 saturated heterocycles. The van der Waals surface area contributed by atoms with Crippen LogP contribution in [0.3, 0.4) is 0 Å². The van der Waals surface area contributed by atoms with Crippen molar-refractivity contribution in [2.24, 2.45) is 5.92 Å². The molecular weight excluding hydrogens is 551 g/mol. The first-order valence-electron chi connectivity index (χ1n) is 12.9. The molecule has 10 nitrogen and oxygen atoms in total. The van der Waals surface area contributed by atoms with E-state index in [1.54, 1.807) is 27.8 Å². The number of pyridine rings is 1. The quantitative estimate of drug-likeness (QED) is 0.385. The van der Waals surface area contributed by atoms with Crippen molar-refractivity contribution in [3.8, 4) is 0 Å². The summed E-state index contributed by atoms with van der Waals surface area (Å²) in [5.74, 6) is -2.01. The van der Waals surface area contributed by atoms with Crippen molar-refractivity contribution in [3.63, 3.8) is 0 Å². The van der Waals surface area contributed by atoms with E-state index in [4.69, 9.17) is 11.6 Å². The largest absolute Gasteiger partial charge is 0.406 e. The molecule has 0 radical (unpaired) electrons. The Morgan fingerprint density at radius 2 is 1.98 bits per heavy atom. The first kappa shape index (κ1) is 26.4.